The Hall–Kier alpha value is -3.78. The van der Waals surface area contributed by atoms with Crippen LogP contribution in [0.5, 0.6) is 0 Å². The van der Waals surface area contributed by atoms with Gasteiger partial charge in [-0.25, -0.2) is 9.98 Å². The number of carbonyl (C=O) groups is 1. The minimum Gasteiger partial charge on any atom is -0.268 e. The Morgan fingerprint density at radius 2 is 1.83 bits per heavy atom. The van der Waals surface area contributed by atoms with Crippen LogP contribution >= 0.6 is 11.8 Å². The normalized spacial score (nSPS) is 16.6. The zero-order chi connectivity index (χ0) is 20.2. The minimum absolute atomic E-state index is 0.0305. The summed E-state index contributed by atoms with van der Waals surface area (Å²) in [6.45, 7) is 0. The molecule has 0 unspecified atom stereocenters. The van der Waals surface area contributed by atoms with Crippen LogP contribution in [0.3, 0.4) is 0 Å². The van der Waals surface area contributed by atoms with Gasteiger partial charge in [-0.2, -0.15) is 0 Å². The molecular weight excluding hydrogens is 388 g/mol. The number of benzene rings is 2. The Kier molecular flexibility index (Phi) is 5.17. The summed E-state index contributed by atoms with van der Waals surface area (Å²) in [5.41, 5.74) is 1.22. The molecule has 0 bridgehead atoms. The number of nitro groups is 1. The SMILES string of the molecule is O=C1/C(=C/c2cccc([N+](=O)[O-])c2)S/C(=N/c2ccccn2)N1c1ccccc1. The fourth-order valence-corrected chi connectivity index (χ4v) is 3.74. The first-order chi connectivity index (χ1) is 14.1. The molecule has 0 atom stereocenters. The third kappa shape index (κ3) is 4.07. The Balaban J connectivity index is 1.76. The number of aliphatic imine (C=N–C) groups is 1. The van der Waals surface area contributed by atoms with E-state index >= 15 is 0 Å². The molecule has 142 valence electrons. The van der Waals surface area contributed by atoms with Crippen LogP contribution in [0.2, 0.25) is 0 Å². The number of amidine groups is 1. The minimum atomic E-state index is -0.462. The van der Waals surface area contributed by atoms with Gasteiger partial charge < -0.3 is 0 Å². The fourth-order valence-electron chi connectivity index (χ4n) is 2.75. The number of thioether (sulfide) groups is 1. The van der Waals surface area contributed by atoms with E-state index in [0.717, 1.165) is 0 Å². The second-order valence-electron chi connectivity index (χ2n) is 6.02. The van der Waals surface area contributed by atoms with Crippen molar-refractivity contribution in [3.8, 4) is 0 Å². The number of rotatable bonds is 4. The highest BCUT2D eigenvalue weighted by molar-refractivity contribution is 8.19. The summed E-state index contributed by atoms with van der Waals surface area (Å²) >= 11 is 1.20. The number of hydrogen-bond donors (Lipinski definition) is 0. The van der Waals surface area contributed by atoms with E-state index in [2.05, 4.69) is 9.98 Å². The topological polar surface area (TPSA) is 88.7 Å². The van der Waals surface area contributed by atoms with Crippen molar-refractivity contribution >= 4 is 46.1 Å². The van der Waals surface area contributed by atoms with Crippen molar-refractivity contribution in [3.05, 3.63) is 99.6 Å². The van der Waals surface area contributed by atoms with Gasteiger partial charge in [0, 0.05) is 18.3 Å². The second-order valence-corrected chi connectivity index (χ2v) is 7.03. The zero-order valence-corrected chi connectivity index (χ0v) is 15.8. The first-order valence-electron chi connectivity index (χ1n) is 8.65. The number of para-hydroxylation sites is 1. The van der Waals surface area contributed by atoms with E-state index in [4.69, 9.17) is 0 Å². The third-order valence-corrected chi connectivity index (χ3v) is 5.03. The number of nitrogens with zero attached hydrogens (tertiary/aromatic N) is 4. The van der Waals surface area contributed by atoms with Gasteiger partial charge in [0.1, 0.15) is 0 Å². The molecule has 2 heterocycles. The van der Waals surface area contributed by atoms with Gasteiger partial charge in [0.2, 0.25) is 0 Å². The van der Waals surface area contributed by atoms with Crippen molar-refractivity contribution in [2.24, 2.45) is 4.99 Å². The second kappa shape index (κ2) is 8.07. The van der Waals surface area contributed by atoms with Crippen molar-refractivity contribution in [1.82, 2.24) is 4.98 Å². The molecule has 7 nitrogen and oxygen atoms in total. The van der Waals surface area contributed by atoms with E-state index in [1.165, 1.54) is 28.8 Å². The van der Waals surface area contributed by atoms with Crippen LogP contribution in [0, 0.1) is 10.1 Å². The molecule has 29 heavy (non-hydrogen) atoms. The van der Waals surface area contributed by atoms with Gasteiger partial charge >= 0.3 is 0 Å². The van der Waals surface area contributed by atoms with Crippen molar-refractivity contribution in [2.75, 3.05) is 4.90 Å². The number of hydrogen-bond acceptors (Lipinski definition) is 6. The van der Waals surface area contributed by atoms with Gasteiger partial charge in [-0.15, -0.1) is 0 Å². The van der Waals surface area contributed by atoms with Crippen molar-refractivity contribution in [1.29, 1.82) is 0 Å². The third-order valence-electron chi connectivity index (χ3n) is 4.06. The van der Waals surface area contributed by atoms with Crippen molar-refractivity contribution < 1.29 is 9.72 Å². The zero-order valence-electron chi connectivity index (χ0n) is 15.0. The number of nitro benzene ring substituents is 1. The van der Waals surface area contributed by atoms with Gasteiger partial charge in [0.25, 0.3) is 11.6 Å². The summed E-state index contributed by atoms with van der Waals surface area (Å²) in [6.07, 6.45) is 3.27. The predicted molar refractivity (Wildman–Crippen MR) is 114 cm³/mol. The van der Waals surface area contributed by atoms with E-state index < -0.39 is 4.92 Å². The summed E-state index contributed by atoms with van der Waals surface area (Å²) in [5.74, 6) is 0.239. The number of amides is 1. The molecular formula is C21H14N4O3S. The maximum absolute atomic E-state index is 13.1. The van der Waals surface area contributed by atoms with Crippen LogP contribution in [0.15, 0.2) is 88.9 Å². The van der Waals surface area contributed by atoms with Gasteiger partial charge in [-0.3, -0.25) is 19.8 Å². The summed E-state index contributed by atoms with van der Waals surface area (Å²) in [7, 11) is 0. The highest BCUT2D eigenvalue weighted by Crippen LogP contribution is 2.37. The molecule has 1 aliphatic rings. The van der Waals surface area contributed by atoms with E-state index in [9.17, 15) is 14.9 Å². The van der Waals surface area contributed by atoms with Crippen LogP contribution in [0.1, 0.15) is 5.56 Å². The monoisotopic (exact) mass is 402 g/mol. The van der Waals surface area contributed by atoms with Crippen LogP contribution in [-0.4, -0.2) is 21.0 Å². The molecule has 1 aromatic heterocycles. The largest absolute Gasteiger partial charge is 0.271 e. The smallest absolute Gasteiger partial charge is 0.268 e. The molecule has 4 rings (SSSR count). The number of carbonyl (C=O) groups excluding carboxylic acids is 1. The lowest BCUT2D eigenvalue weighted by Crippen LogP contribution is -2.28. The number of aromatic nitrogens is 1. The Labute approximate surface area is 170 Å². The maximum Gasteiger partial charge on any atom is 0.271 e. The van der Waals surface area contributed by atoms with Crippen LogP contribution < -0.4 is 4.90 Å². The molecule has 1 saturated heterocycles. The van der Waals surface area contributed by atoms with Crippen molar-refractivity contribution in [3.63, 3.8) is 0 Å². The van der Waals surface area contributed by atoms with Crippen LogP contribution in [-0.2, 0) is 4.79 Å². The quantitative estimate of drug-likeness (QED) is 0.355. The van der Waals surface area contributed by atoms with Crippen molar-refractivity contribution in [2.45, 2.75) is 0 Å². The number of pyridine rings is 1. The molecule has 0 radical (unpaired) electrons. The number of anilines is 1. The number of non-ortho nitro benzene ring substituents is 1. The average Bonchev–Trinajstić information content (AvgIpc) is 3.04. The van der Waals surface area contributed by atoms with Gasteiger partial charge in [-0.05, 0) is 47.7 Å². The van der Waals surface area contributed by atoms with E-state index in [0.29, 0.717) is 27.1 Å². The molecule has 0 N–H and O–H groups in total. The lowest BCUT2D eigenvalue weighted by atomic mass is 10.2. The summed E-state index contributed by atoms with van der Waals surface area (Å²) in [5, 5.41) is 11.5. The Bertz CT molecular complexity index is 1130. The highest BCUT2D eigenvalue weighted by atomic mass is 32.2. The molecule has 8 heteroatoms. The summed E-state index contributed by atoms with van der Waals surface area (Å²) in [6, 6.07) is 20.7. The van der Waals surface area contributed by atoms with Gasteiger partial charge in [0.05, 0.1) is 15.5 Å². The molecule has 1 fully saturated rings. The molecule has 2 aromatic carbocycles. The Morgan fingerprint density at radius 1 is 1.03 bits per heavy atom. The maximum atomic E-state index is 13.1. The summed E-state index contributed by atoms with van der Waals surface area (Å²) < 4.78 is 0. The Morgan fingerprint density at radius 3 is 2.55 bits per heavy atom. The first-order valence-corrected chi connectivity index (χ1v) is 9.47. The average molecular weight is 402 g/mol. The lowest BCUT2D eigenvalue weighted by molar-refractivity contribution is -0.384. The lowest BCUT2D eigenvalue weighted by Gasteiger charge is -2.15. The fraction of sp³-hybridized carbons (Fsp3) is 0. The molecule has 0 spiro atoms. The molecule has 3 aromatic rings. The standard InChI is InChI=1S/C21H14N4O3S/c26-20-18(14-15-7-6-10-17(13-15)25(27)28)29-21(23-19-11-4-5-12-22-19)24(20)16-8-2-1-3-9-16/h1-14H/b18-14-,23-21+. The van der Waals surface area contributed by atoms with Crippen LogP contribution in [0.25, 0.3) is 6.08 Å². The van der Waals surface area contributed by atoms with Gasteiger partial charge in [-0.1, -0.05) is 36.4 Å². The van der Waals surface area contributed by atoms with Crippen LogP contribution in [0.4, 0.5) is 17.2 Å². The molecule has 0 aliphatic carbocycles. The molecule has 1 amide bonds. The predicted octanol–water partition coefficient (Wildman–Crippen LogP) is 4.80. The van der Waals surface area contributed by atoms with Gasteiger partial charge in [0.15, 0.2) is 11.0 Å². The molecule has 0 saturated carbocycles. The summed E-state index contributed by atoms with van der Waals surface area (Å²) in [4.78, 5) is 34.4. The van der Waals surface area contributed by atoms with E-state index in [1.807, 2.05) is 36.4 Å². The van der Waals surface area contributed by atoms with E-state index in [1.54, 1.807) is 36.5 Å². The first kappa shape index (κ1) is 18.6. The highest BCUT2D eigenvalue weighted by Gasteiger charge is 2.34. The molecule has 1 aliphatic heterocycles. The van der Waals surface area contributed by atoms with E-state index in [-0.39, 0.29) is 11.6 Å².